The number of amides is 1. The fraction of sp³-hybridized carbons (Fsp3) is 0.333. The molecule has 0 bridgehead atoms. The van der Waals surface area contributed by atoms with E-state index in [1.54, 1.807) is 0 Å². The molecule has 0 aliphatic rings. The van der Waals surface area contributed by atoms with Crippen LogP contribution in [-0.4, -0.2) is 39.4 Å². The molecule has 0 saturated heterocycles. The Morgan fingerprint density at radius 3 is 2.76 bits per heavy atom. The molecule has 114 valence electrons. The first-order chi connectivity index (χ1) is 9.80. The summed E-state index contributed by atoms with van der Waals surface area (Å²) in [5, 5.41) is 14.9. The molecule has 0 saturated carbocycles. The van der Waals surface area contributed by atoms with Crippen LogP contribution in [0.4, 0.5) is 10.7 Å². The van der Waals surface area contributed by atoms with E-state index in [-0.39, 0.29) is 35.0 Å². The summed E-state index contributed by atoms with van der Waals surface area (Å²) in [6.45, 7) is 3.91. The molecule has 21 heavy (non-hydrogen) atoms. The summed E-state index contributed by atoms with van der Waals surface area (Å²) in [5.74, 6) is -0.474. The van der Waals surface area contributed by atoms with Crippen molar-refractivity contribution in [2.75, 3.05) is 36.1 Å². The molecule has 0 spiro atoms. The molecule has 0 atom stereocenters. The van der Waals surface area contributed by atoms with E-state index in [4.69, 9.17) is 11.0 Å². The second-order valence-corrected chi connectivity index (χ2v) is 7.50. The lowest BCUT2D eigenvalue weighted by Gasteiger charge is -2.02. The Labute approximate surface area is 127 Å². The third-order valence-electron chi connectivity index (χ3n) is 2.43. The average Bonchev–Trinajstić information content (AvgIpc) is 2.71. The van der Waals surface area contributed by atoms with E-state index in [2.05, 4.69) is 17.2 Å². The smallest absolute Gasteiger partial charge is 0.263 e. The number of sulfone groups is 1. The Balaban J connectivity index is 2.93. The summed E-state index contributed by atoms with van der Waals surface area (Å²) in [6.07, 6.45) is 2.65. The van der Waals surface area contributed by atoms with Crippen LogP contribution in [0, 0.1) is 11.3 Å². The monoisotopic (exact) mass is 328 g/mol. The average molecular weight is 328 g/mol. The van der Waals surface area contributed by atoms with E-state index in [0.29, 0.717) is 5.00 Å². The zero-order chi connectivity index (χ0) is 16.0. The third-order valence-corrected chi connectivity index (χ3v) is 4.54. The number of carbonyl (C=O) groups is 1. The second-order valence-electron chi connectivity index (χ2n) is 4.22. The van der Waals surface area contributed by atoms with Crippen molar-refractivity contribution in [3.63, 3.8) is 0 Å². The lowest BCUT2D eigenvalue weighted by atomic mass is 10.2. The number of carbonyl (C=O) groups excluding carboxylic acids is 1. The first-order valence-electron chi connectivity index (χ1n) is 5.93. The molecule has 1 amide bonds. The summed E-state index contributed by atoms with van der Waals surface area (Å²) in [6, 6.07) is 1.92. The van der Waals surface area contributed by atoms with Gasteiger partial charge in [0.25, 0.3) is 5.91 Å². The van der Waals surface area contributed by atoms with Gasteiger partial charge in [-0.1, -0.05) is 6.08 Å². The molecule has 0 aromatic carbocycles. The van der Waals surface area contributed by atoms with Crippen molar-refractivity contribution in [1.29, 1.82) is 5.26 Å². The second kappa shape index (κ2) is 7.10. The Hall–Kier alpha value is -2.05. The first-order valence-corrected chi connectivity index (χ1v) is 8.81. The zero-order valence-corrected chi connectivity index (χ0v) is 13.1. The quantitative estimate of drug-likeness (QED) is 0.629. The highest BCUT2D eigenvalue weighted by Gasteiger charge is 2.20. The van der Waals surface area contributed by atoms with Gasteiger partial charge in [-0.25, -0.2) is 8.42 Å². The Kier molecular flexibility index (Phi) is 5.75. The van der Waals surface area contributed by atoms with Crippen LogP contribution < -0.4 is 16.4 Å². The topological polar surface area (TPSA) is 125 Å². The zero-order valence-electron chi connectivity index (χ0n) is 11.5. The highest BCUT2D eigenvalue weighted by atomic mass is 32.2. The largest absolute Gasteiger partial charge is 0.396 e. The van der Waals surface area contributed by atoms with Crippen molar-refractivity contribution in [2.24, 2.45) is 0 Å². The van der Waals surface area contributed by atoms with Crippen molar-refractivity contribution in [2.45, 2.75) is 0 Å². The molecular weight excluding hydrogens is 312 g/mol. The van der Waals surface area contributed by atoms with Gasteiger partial charge in [0.1, 0.15) is 31.3 Å². The van der Waals surface area contributed by atoms with Crippen molar-refractivity contribution in [1.82, 2.24) is 5.32 Å². The number of nitrogens with zero attached hydrogens (tertiary/aromatic N) is 1. The summed E-state index contributed by atoms with van der Waals surface area (Å²) in [4.78, 5) is 12.1. The number of hydrogen-bond acceptors (Lipinski definition) is 7. The lowest BCUT2D eigenvalue weighted by molar-refractivity contribution is 0.0963. The standard InChI is InChI=1S/C12H16N4O3S2/c1-3-4-15-11(17)10-9(14)8(7-13)12(20-10)16-5-6-21(2,18)19/h3,16H,1,4-6,14H2,2H3,(H,15,17). The molecule has 1 rings (SSSR count). The third kappa shape index (κ3) is 4.77. The summed E-state index contributed by atoms with van der Waals surface area (Å²) >= 11 is 1.02. The highest BCUT2D eigenvalue weighted by Crippen LogP contribution is 2.34. The Morgan fingerprint density at radius 2 is 2.24 bits per heavy atom. The maximum Gasteiger partial charge on any atom is 0.263 e. The maximum atomic E-state index is 11.9. The van der Waals surface area contributed by atoms with E-state index in [1.807, 2.05) is 6.07 Å². The number of thiophene rings is 1. The van der Waals surface area contributed by atoms with Crippen molar-refractivity contribution in [3.05, 3.63) is 23.1 Å². The number of rotatable bonds is 7. The van der Waals surface area contributed by atoms with E-state index in [9.17, 15) is 13.2 Å². The maximum absolute atomic E-state index is 11.9. The summed E-state index contributed by atoms with van der Waals surface area (Å²) in [7, 11) is -3.11. The number of hydrogen-bond donors (Lipinski definition) is 3. The Morgan fingerprint density at radius 1 is 1.57 bits per heavy atom. The van der Waals surface area contributed by atoms with Gasteiger partial charge in [0.05, 0.1) is 11.4 Å². The minimum Gasteiger partial charge on any atom is -0.396 e. The van der Waals surface area contributed by atoms with Gasteiger partial charge in [0, 0.05) is 19.3 Å². The van der Waals surface area contributed by atoms with E-state index >= 15 is 0 Å². The van der Waals surface area contributed by atoms with E-state index in [0.717, 1.165) is 17.6 Å². The number of nitrogen functional groups attached to an aromatic ring is 1. The van der Waals surface area contributed by atoms with Crippen LogP contribution in [-0.2, 0) is 9.84 Å². The Bertz CT molecular complexity index is 686. The van der Waals surface area contributed by atoms with Crippen LogP contribution in [0.2, 0.25) is 0 Å². The molecule has 0 radical (unpaired) electrons. The minimum atomic E-state index is -3.11. The molecule has 1 aromatic rings. The molecule has 1 heterocycles. The van der Waals surface area contributed by atoms with Gasteiger partial charge >= 0.3 is 0 Å². The van der Waals surface area contributed by atoms with Crippen LogP contribution in [0.25, 0.3) is 0 Å². The number of anilines is 2. The van der Waals surface area contributed by atoms with E-state index < -0.39 is 15.7 Å². The molecule has 0 aliphatic heterocycles. The minimum absolute atomic E-state index is 0.0757. The van der Waals surface area contributed by atoms with Gasteiger partial charge in [0.2, 0.25) is 0 Å². The normalized spacial score (nSPS) is 10.7. The number of nitrogens with two attached hydrogens (primary N) is 1. The van der Waals surface area contributed by atoms with Gasteiger partial charge < -0.3 is 16.4 Å². The predicted octanol–water partition coefficient (Wildman–Crippen LogP) is 0.574. The van der Waals surface area contributed by atoms with Crippen LogP contribution in [0.1, 0.15) is 15.2 Å². The lowest BCUT2D eigenvalue weighted by Crippen LogP contribution is -2.23. The van der Waals surface area contributed by atoms with Gasteiger partial charge in [-0.3, -0.25) is 4.79 Å². The molecule has 7 nitrogen and oxygen atoms in total. The molecule has 0 fully saturated rings. The van der Waals surface area contributed by atoms with Crippen molar-refractivity contribution in [3.8, 4) is 6.07 Å². The summed E-state index contributed by atoms with van der Waals surface area (Å²) in [5.41, 5.74) is 6.03. The van der Waals surface area contributed by atoms with Gasteiger partial charge in [0.15, 0.2) is 0 Å². The van der Waals surface area contributed by atoms with Gasteiger partial charge in [-0.05, 0) is 0 Å². The molecule has 0 aliphatic carbocycles. The fourth-order valence-electron chi connectivity index (χ4n) is 1.44. The molecule has 0 unspecified atom stereocenters. The number of nitrogens with one attached hydrogen (secondary N) is 2. The fourth-order valence-corrected chi connectivity index (χ4v) is 2.93. The number of nitriles is 1. The molecule has 1 aromatic heterocycles. The summed E-state index contributed by atoms with van der Waals surface area (Å²) < 4.78 is 22.1. The van der Waals surface area contributed by atoms with Gasteiger partial charge in [-0.15, -0.1) is 17.9 Å². The molecular formula is C12H16N4O3S2. The van der Waals surface area contributed by atoms with Crippen LogP contribution in [0.15, 0.2) is 12.7 Å². The van der Waals surface area contributed by atoms with Gasteiger partial charge in [-0.2, -0.15) is 5.26 Å². The highest BCUT2D eigenvalue weighted by molar-refractivity contribution is 7.90. The van der Waals surface area contributed by atoms with Crippen LogP contribution >= 0.6 is 11.3 Å². The van der Waals surface area contributed by atoms with Crippen LogP contribution in [0.5, 0.6) is 0 Å². The van der Waals surface area contributed by atoms with Crippen molar-refractivity contribution < 1.29 is 13.2 Å². The van der Waals surface area contributed by atoms with Crippen molar-refractivity contribution >= 4 is 37.8 Å². The van der Waals surface area contributed by atoms with E-state index in [1.165, 1.54) is 6.08 Å². The first kappa shape index (κ1) is 17.0. The van der Waals surface area contributed by atoms with Crippen LogP contribution in [0.3, 0.4) is 0 Å². The molecule has 9 heteroatoms. The predicted molar refractivity (Wildman–Crippen MR) is 84.2 cm³/mol. The SMILES string of the molecule is C=CCNC(=O)c1sc(NCCS(C)(=O)=O)c(C#N)c1N. The molecule has 4 N–H and O–H groups in total.